The molecule has 0 unspecified atom stereocenters. The summed E-state index contributed by atoms with van der Waals surface area (Å²) in [5, 5.41) is 9.10. The highest BCUT2D eigenvalue weighted by molar-refractivity contribution is 6.13. The molecule has 0 fully saturated rings. The van der Waals surface area contributed by atoms with Crippen LogP contribution in [0.1, 0.15) is 17.0 Å². The van der Waals surface area contributed by atoms with Crippen LogP contribution in [0, 0.1) is 25.5 Å². The smallest absolute Gasteiger partial charge is 0.183 e. The van der Waals surface area contributed by atoms with Gasteiger partial charge in [0.1, 0.15) is 17.4 Å². The van der Waals surface area contributed by atoms with Crippen molar-refractivity contribution in [1.29, 1.82) is 0 Å². The number of aryl methyl sites for hydroxylation is 2. The molecule has 0 aliphatic carbocycles. The number of nitrogen functional groups attached to an aromatic ring is 1. The van der Waals surface area contributed by atoms with Gasteiger partial charge in [0.15, 0.2) is 11.6 Å². The maximum atomic E-state index is 14.2. The average Bonchev–Trinajstić information content (AvgIpc) is 3.25. The van der Waals surface area contributed by atoms with E-state index in [0.717, 1.165) is 11.6 Å². The summed E-state index contributed by atoms with van der Waals surface area (Å²) in [6.45, 7) is 3.59. The van der Waals surface area contributed by atoms with Crippen LogP contribution in [0.25, 0.3) is 16.7 Å². The number of amidine groups is 1. The minimum absolute atomic E-state index is 0.0860. The van der Waals surface area contributed by atoms with Gasteiger partial charge in [0.2, 0.25) is 0 Å². The van der Waals surface area contributed by atoms with Gasteiger partial charge in [-0.15, -0.1) is 0 Å². The Bertz CT molecular complexity index is 1040. The van der Waals surface area contributed by atoms with Crippen molar-refractivity contribution in [3.63, 3.8) is 0 Å². The van der Waals surface area contributed by atoms with E-state index in [1.165, 1.54) is 17.1 Å². The molecule has 8 nitrogen and oxygen atoms in total. The Morgan fingerprint density at radius 2 is 2.07 bits per heavy atom. The van der Waals surface area contributed by atoms with Crippen LogP contribution >= 0.6 is 0 Å². The van der Waals surface area contributed by atoms with E-state index in [-0.39, 0.29) is 17.3 Å². The molecule has 0 spiro atoms. The molecular weight excluding hydrogens is 356 g/mol. The quantitative estimate of drug-likeness (QED) is 0.733. The Morgan fingerprint density at radius 1 is 1.26 bits per heavy atom. The Balaban J connectivity index is 1.81. The maximum Gasteiger partial charge on any atom is 0.183 e. The van der Waals surface area contributed by atoms with Crippen molar-refractivity contribution in [3.05, 3.63) is 64.6 Å². The summed E-state index contributed by atoms with van der Waals surface area (Å²) in [6, 6.07) is 5.52. The number of hydrogen-bond donors (Lipinski definition) is 2. The Kier molecular flexibility index (Phi) is 3.96. The lowest BCUT2D eigenvalue weighted by Gasteiger charge is -2.25. The van der Waals surface area contributed by atoms with Crippen molar-refractivity contribution in [3.8, 4) is 11.1 Å². The van der Waals surface area contributed by atoms with Gasteiger partial charge in [-0.2, -0.15) is 0 Å². The highest BCUT2D eigenvalue weighted by atomic mass is 19.2. The average molecular weight is 370 g/mol. The second-order valence-corrected chi connectivity index (χ2v) is 5.89. The van der Waals surface area contributed by atoms with Crippen molar-refractivity contribution in [2.24, 2.45) is 5.10 Å². The topological polar surface area (TPSA) is 107 Å². The first kappa shape index (κ1) is 16.9. The lowest BCUT2D eigenvalue weighted by atomic mass is 10.0. The molecule has 0 bridgehead atoms. The molecule has 2 aromatic heterocycles. The van der Waals surface area contributed by atoms with Gasteiger partial charge in [-0.3, -0.25) is 10.5 Å². The third-order valence-electron chi connectivity index (χ3n) is 4.15. The van der Waals surface area contributed by atoms with E-state index >= 15 is 0 Å². The summed E-state index contributed by atoms with van der Waals surface area (Å²) < 4.78 is 33.0. The second kappa shape index (κ2) is 6.32. The molecule has 4 rings (SSSR count). The van der Waals surface area contributed by atoms with E-state index in [2.05, 4.69) is 26.3 Å². The van der Waals surface area contributed by atoms with E-state index in [0.29, 0.717) is 22.6 Å². The standard InChI is InChI=1S/C17H14F2N7O/c1-8-14(9(2)27-23-8)10-6-11(16(20)21-7-10)17-22-24-25-26(17)13-5-3-4-12(18)15(13)19/h3-7,25H,1-2H3,(H2,20,21)/q-1. The van der Waals surface area contributed by atoms with E-state index in [1.807, 2.05) is 0 Å². The molecule has 10 heteroatoms. The first-order chi connectivity index (χ1) is 13.0. The third kappa shape index (κ3) is 2.75. The van der Waals surface area contributed by atoms with Crippen LogP contribution < -0.4 is 16.3 Å². The summed E-state index contributed by atoms with van der Waals surface area (Å²) in [4.78, 5) is 4.19. The largest absolute Gasteiger partial charge is 0.520 e. The zero-order chi connectivity index (χ0) is 19.1. The third-order valence-corrected chi connectivity index (χ3v) is 4.15. The van der Waals surface area contributed by atoms with Crippen molar-refractivity contribution >= 4 is 17.3 Å². The van der Waals surface area contributed by atoms with Gasteiger partial charge >= 0.3 is 0 Å². The molecule has 0 saturated heterocycles. The molecule has 3 aromatic rings. The SMILES string of the molecule is Cc1noc(C)c1-c1cnc(N)c(C2=N[N-]NN2c2cccc(F)c2F)c1. The van der Waals surface area contributed by atoms with Crippen LogP contribution in [0.15, 0.2) is 40.1 Å². The molecular formula is C17H14F2N7O-. The maximum absolute atomic E-state index is 14.2. The second-order valence-electron chi connectivity index (χ2n) is 5.89. The number of halogens is 2. The summed E-state index contributed by atoms with van der Waals surface area (Å²) in [6.07, 6.45) is 1.58. The number of hydrogen-bond acceptors (Lipinski definition) is 7. The normalized spacial score (nSPS) is 13.6. The van der Waals surface area contributed by atoms with Gasteiger partial charge in [0.05, 0.1) is 16.9 Å². The van der Waals surface area contributed by atoms with Gasteiger partial charge in [0.25, 0.3) is 0 Å². The fourth-order valence-corrected chi connectivity index (χ4v) is 2.90. The lowest BCUT2D eigenvalue weighted by molar-refractivity contribution is 0.393. The summed E-state index contributed by atoms with van der Waals surface area (Å²) in [5.41, 5.74) is 14.7. The van der Waals surface area contributed by atoms with Crippen LogP contribution in [-0.4, -0.2) is 16.0 Å². The molecule has 3 heterocycles. The Hall–Kier alpha value is -3.53. The van der Waals surface area contributed by atoms with E-state index in [4.69, 9.17) is 10.3 Å². The fourth-order valence-electron chi connectivity index (χ4n) is 2.90. The summed E-state index contributed by atoms with van der Waals surface area (Å²) >= 11 is 0. The van der Waals surface area contributed by atoms with E-state index in [9.17, 15) is 8.78 Å². The Morgan fingerprint density at radius 3 is 2.81 bits per heavy atom. The number of nitrogens with zero attached hydrogens (tertiary/aromatic N) is 5. The molecule has 0 amide bonds. The first-order valence-electron chi connectivity index (χ1n) is 7.94. The summed E-state index contributed by atoms with van der Waals surface area (Å²) in [7, 11) is 0. The van der Waals surface area contributed by atoms with Crippen LogP contribution in [0.4, 0.5) is 20.3 Å². The predicted octanol–water partition coefficient (Wildman–Crippen LogP) is 3.19. The molecule has 3 N–H and O–H groups in total. The van der Waals surface area contributed by atoms with Crippen LogP contribution in [0.3, 0.4) is 0 Å². The van der Waals surface area contributed by atoms with Crippen molar-refractivity contribution in [2.45, 2.75) is 13.8 Å². The first-order valence-corrected chi connectivity index (χ1v) is 7.94. The monoisotopic (exact) mass is 370 g/mol. The molecule has 0 atom stereocenters. The molecule has 0 radical (unpaired) electrons. The fraction of sp³-hybridized carbons (Fsp3) is 0.118. The molecule has 1 aromatic carbocycles. The van der Waals surface area contributed by atoms with Crippen LogP contribution in [0.2, 0.25) is 0 Å². The van der Waals surface area contributed by atoms with Crippen LogP contribution in [0.5, 0.6) is 0 Å². The molecule has 1 aliphatic rings. The minimum atomic E-state index is -1.04. The van der Waals surface area contributed by atoms with Crippen molar-refractivity contribution < 1.29 is 13.3 Å². The number of rotatable bonds is 3. The molecule has 27 heavy (non-hydrogen) atoms. The number of hydrazine groups is 1. The number of nitrogens with one attached hydrogen (secondary N) is 1. The predicted molar refractivity (Wildman–Crippen MR) is 95.5 cm³/mol. The molecule has 0 saturated carbocycles. The van der Waals surface area contributed by atoms with Gasteiger partial charge in [-0.05, 0) is 32.0 Å². The van der Waals surface area contributed by atoms with Gasteiger partial charge in [-0.25, -0.2) is 13.8 Å². The Labute approximate surface area is 152 Å². The van der Waals surface area contributed by atoms with Gasteiger partial charge in [0, 0.05) is 17.3 Å². The zero-order valence-electron chi connectivity index (χ0n) is 14.4. The number of nitrogens with two attached hydrogens (primary N) is 1. The zero-order valence-corrected chi connectivity index (χ0v) is 14.4. The van der Waals surface area contributed by atoms with Crippen molar-refractivity contribution in [2.75, 3.05) is 10.7 Å². The molecule has 138 valence electrons. The molecule has 1 aliphatic heterocycles. The van der Waals surface area contributed by atoms with Crippen molar-refractivity contribution in [1.82, 2.24) is 15.7 Å². The van der Waals surface area contributed by atoms with Gasteiger partial charge < -0.3 is 20.9 Å². The van der Waals surface area contributed by atoms with Gasteiger partial charge in [-0.1, -0.05) is 11.2 Å². The number of pyridine rings is 1. The number of anilines is 2. The number of benzene rings is 1. The summed E-state index contributed by atoms with van der Waals surface area (Å²) in [5.74, 6) is -1.07. The highest BCUT2D eigenvalue weighted by Gasteiger charge is 2.24. The van der Waals surface area contributed by atoms with Crippen LogP contribution in [-0.2, 0) is 0 Å². The number of aromatic nitrogens is 2. The lowest BCUT2D eigenvalue weighted by Crippen LogP contribution is -2.37. The van der Waals surface area contributed by atoms with E-state index in [1.54, 1.807) is 26.1 Å². The van der Waals surface area contributed by atoms with E-state index < -0.39 is 11.6 Å². The minimum Gasteiger partial charge on any atom is -0.520 e. The highest BCUT2D eigenvalue weighted by Crippen LogP contribution is 2.31.